The van der Waals surface area contributed by atoms with Crippen LogP contribution in [-0.4, -0.2) is 28.0 Å². The molecule has 1 aliphatic carbocycles. The average Bonchev–Trinajstić information content (AvgIpc) is 3.41. The molecule has 1 amide bonds. The first-order chi connectivity index (χ1) is 12.5. The van der Waals surface area contributed by atoms with Crippen LogP contribution in [0.3, 0.4) is 0 Å². The summed E-state index contributed by atoms with van der Waals surface area (Å²) in [7, 11) is -2.14. The number of hydrogen-bond donors (Lipinski definition) is 1. The lowest BCUT2D eigenvalue weighted by Gasteiger charge is -2.17. The molecule has 1 saturated carbocycles. The number of nitrogens with zero attached hydrogens (tertiary/aromatic N) is 1. The fraction of sp³-hybridized carbons (Fsp3) is 0.316. The van der Waals surface area contributed by atoms with Crippen molar-refractivity contribution in [2.24, 2.45) is 5.92 Å². The van der Waals surface area contributed by atoms with Gasteiger partial charge in [-0.3, -0.25) is 9.52 Å². The Hall–Kier alpha value is -2.54. The number of benzene rings is 2. The number of nitrogens with one attached hydrogen (secondary N) is 1. The molecule has 6 nitrogen and oxygen atoms in total. The van der Waals surface area contributed by atoms with Crippen molar-refractivity contribution in [1.82, 2.24) is 0 Å². The highest BCUT2D eigenvalue weighted by Crippen LogP contribution is 2.37. The number of ether oxygens (including phenoxy) is 1. The van der Waals surface area contributed by atoms with Crippen LogP contribution in [0.5, 0.6) is 5.75 Å². The van der Waals surface area contributed by atoms with Gasteiger partial charge >= 0.3 is 0 Å². The zero-order valence-corrected chi connectivity index (χ0v) is 15.3. The molecule has 0 radical (unpaired) electrons. The summed E-state index contributed by atoms with van der Waals surface area (Å²) in [5.74, 6) is 0.964. The molecule has 1 aliphatic heterocycles. The number of rotatable bonds is 5. The lowest BCUT2D eigenvalue weighted by atomic mass is 10.1. The lowest BCUT2D eigenvalue weighted by molar-refractivity contribution is -0.119. The van der Waals surface area contributed by atoms with Crippen LogP contribution in [-0.2, 0) is 21.2 Å². The molecule has 2 aromatic carbocycles. The van der Waals surface area contributed by atoms with Gasteiger partial charge in [0.2, 0.25) is 5.91 Å². The molecule has 0 aromatic heterocycles. The Bertz CT molecular complexity index is 950. The molecule has 1 fully saturated rings. The van der Waals surface area contributed by atoms with Gasteiger partial charge in [0.25, 0.3) is 10.0 Å². The van der Waals surface area contributed by atoms with Gasteiger partial charge in [0.1, 0.15) is 5.75 Å². The summed E-state index contributed by atoms with van der Waals surface area (Å²) >= 11 is 0. The van der Waals surface area contributed by atoms with Crippen LogP contribution < -0.4 is 14.4 Å². The van der Waals surface area contributed by atoms with E-state index in [0.717, 1.165) is 30.5 Å². The molecule has 0 spiro atoms. The summed E-state index contributed by atoms with van der Waals surface area (Å²) < 4.78 is 32.8. The standard InChI is InChI=1S/C19H20N2O4S/c1-25-16-5-7-17(8-6-16)26(23,24)20-15-4-9-18-14(12-15)10-11-21(18)19(22)13-2-3-13/h4-9,12-13,20H,2-3,10-11H2,1H3. The number of methoxy groups -OCH3 is 1. The first-order valence-corrected chi connectivity index (χ1v) is 10.1. The van der Waals surface area contributed by atoms with Crippen molar-refractivity contribution in [3.63, 3.8) is 0 Å². The van der Waals surface area contributed by atoms with Gasteiger partial charge in [-0.05, 0) is 67.3 Å². The average molecular weight is 372 g/mol. The molecular formula is C19H20N2O4S. The Kier molecular flexibility index (Phi) is 4.11. The lowest BCUT2D eigenvalue weighted by Crippen LogP contribution is -2.30. The predicted octanol–water partition coefficient (Wildman–Crippen LogP) is 2.80. The maximum Gasteiger partial charge on any atom is 0.261 e. The normalized spacial score (nSPS) is 16.3. The topological polar surface area (TPSA) is 75.7 Å². The number of fused-ring (bicyclic) bond motifs is 1. The SMILES string of the molecule is COc1ccc(S(=O)(=O)Nc2ccc3c(c2)CCN3C(=O)C2CC2)cc1. The molecule has 136 valence electrons. The van der Waals surface area contributed by atoms with Crippen molar-refractivity contribution in [1.29, 1.82) is 0 Å². The second kappa shape index (κ2) is 6.32. The van der Waals surface area contributed by atoms with E-state index in [1.807, 2.05) is 17.0 Å². The molecule has 0 saturated heterocycles. The van der Waals surface area contributed by atoms with Gasteiger partial charge in [0.15, 0.2) is 0 Å². The third kappa shape index (κ3) is 3.14. The van der Waals surface area contributed by atoms with E-state index >= 15 is 0 Å². The third-order valence-corrected chi connectivity index (χ3v) is 6.19. The highest BCUT2D eigenvalue weighted by atomic mass is 32.2. The van der Waals surface area contributed by atoms with Gasteiger partial charge in [0.05, 0.1) is 12.0 Å². The zero-order chi connectivity index (χ0) is 18.3. The van der Waals surface area contributed by atoms with E-state index in [2.05, 4.69) is 4.72 Å². The van der Waals surface area contributed by atoms with E-state index in [1.54, 1.807) is 18.2 Å². The van der Waals surface area contributed by atoms with E-state index in [0.29, 0.717) is 18.0 Å². The number of amides is 1. The molecule has 0 atom stereocenters. The number of hydrogen-bond acceptors (Lipinski definition) is 4. The summed E-state index contributed by atoms with van der Waals surface area (Å²) in [4.78, 5) is 14.3. The van der Waals surface area contributed by atoms with Crippen molar-refractivity contribution in [3.05, 3.63) is 48.0 Å². The maximum atomic E-state index is 12.6. The minimum absolute atomic E-state index is 0.171. The summed E-state index contributed by atoms with van der Waals surface area (Å²) in [5, 5.41) is 0. The van der Waals surface area contributed by atoms with E-state index < -0.39 is 10.0 Å². The van der Waals surface area contributed by atoms with E-state index in [9.17, 15) is 13.2 Å². The van der Waals surface area contributed by atoms with Gasteiger partial charge < -0.3 is 9.64 Å². The Morgan fingerprint density at radius 1 is 1.15 bits per heavy atom. The molecular weight excluding hydrogens is 352 g/mol. The number of carbonyl (C=O) groups is 1. The quantitative estimate of drug-likeness (QED) is 0.876. The van der Waals surface area contributed by atoms with Crippen LogP contribution in [0, 0.1) is 5.92 Å². The molecule has 1 N–H and O–H groups in total. The minimum Gasteiger partial charge on any atom is -0.497 e. The summed E-state index contributed by atoms with van der Waals surface area (Å²) in [5.41, 5.74) is 2.39. The Balaban J connectivity index is 1.54. The number of sulfonamides is 1. The van der Waals surface area contributed by atoms with Crippen LogP contribution in [0.4, 0.5) is 11.4 Å². The molecule has 2 aliphatic rings. The summed E-state index contributed by atoms with van der Waals surface area (Å²) in [6, 6.07) is 11.6. The van der Waals surface area contributed by atoms with Gasteiger partial charge in [-0.25, -0.2) is 8.42 Å². The van der Waals surface area contributed by atoms with Crippen LogP contribution >= 0.6 is 0 Å². The molecule has 7 heteroatoms. The molecule has 1 heterocycles. The Morgan fingerprint density at radius 3 is 2.54 bits per heavy atom. The summed E-state index contributed by atoms with van der Waals surface area (Å²) in [6.45, 7) is 0.666. The molecule has 26 heavy (non-hydrogen) atoms. The van der Waals surface area contributed by atoms with Gasteiger partial charge in [-0.1, -0.05) is 0 Å². The second-order valence-corrected chi connectivity index (χ2v) is 8.32. The molecule has 0 bridgehead atoms. The minimum atomic E-state index is -3.68. The maximum absolute atomic E-state index is 12.6. The van der Waals surface area contributed by atoms with E-state index in [-0.39, 0.29) is 16.7 Å². The van der Waals surface area contributed by atoms with E-state index in [1.165, 1.54) is 19.2 Å². The van der Waals surface area contributed by atoms with Gasteiger partial charge in [0, 0.05) is 23.8 Å². The van der Waals surface area contributed by atoms with Crippen molar-refractivity contribution in [2.75, 3.05) is 23.3 Å². The Labute approximate surface area is 152 Å². The van der Waals surface area contributed by atoms with Crippen LogP contribution in [0.15, 0.2) is 47.4 Å². The third-order valence-electron chi connectivity index (χ3n) is 4.79. The van der Waals surface area contributed by atoms with Crippen LogP contribution in [0.25, 0.3) is 0 Å². The fourth-order valence-corrected chi connectivity index (χ4v) is 4.26. The van der Waals surface area contributed by atoms with Crippen molar-refractivity contribution in [2.45, 2.75) is 24.2 Å². The predicted molar refractivity (Wildman–Crippen MR) is 99.0 cm³/mol. The van der Waals surface area contributed by atoms with Crippen LogP contribution in [0.2, 0.25) is 0 Å². The second-order valence-electron chi connectivity index (χ2n) is 6.64. The first-order valence-electron chi connectivity index (χ1n) is 8.59. The molecule has 4 rings (SSSR count). The smallest absolute Gasteiger partial charge is 0.261 e. The number of carbonyl (C=O) groups excluding carboxylic acids is 1. The largest absolute Gasteiger partial charge is 0.497 e. The van der Waals surface area contributed by atoms with Gasteiger partial charge in [-0.15, -0.1) is 0 Å². The van der Waals surface area contributed by atoms with Gasteiger partial charge in [-0.2, -0.15) is 0 Å². The van der Waals surface area contributed by atoms with Crippen molar-refractivity contribution < 1.29 is 17.9 Å². The monoisotopic (exact) mass is 372 g/mol. The number of anilines is 2. The molecule has 0 unspecified atom stereocenters. The summed E-state index contributed by atoms with van der Waals surface area (Å²) in [6.07, 6.45) is 2.70. The molecule has 2 aromatic rings. The zero-order valence-electron chi connectivity index (χ0n) is 14.4. The highest BCUT2D eigenvalue weighted by molar-refractivity contribution is 7.92. The van der Waals surface area contributed by atoms with E-state index in [4.69, 9.17) is 4.74 Å². The van der Waals surface area contributed by atoms with Crippen molar-refractivity contribution >= 4 is 27.3 Å². The highest BCUT2D eigenvalue weighted by Gasteiger charge is 2.36. The van der Waals surface area contributed by atoms with Crippen molar-refractivity contribution in [3.8, 4) is 5.75 Å². The Morgan fingerprint density at radius 2 is 1.88 bits per heavy atom. The fourth-order valence-electron chi connectivity index (χ4n) is 3.21. The first kappa shape index (κ1) is 16.9. The van der Waals surface area contributed by atoms with Crippen LogP contribution in [0.1, 0.15) is 18.4 Å².